The zero-order valence-corrected chi connectivity index (χ0v) is 40.3. The van der Waals surface area contributed by atoms with Crippen LogP contribution in [0.1, 0.15) is 133 Å². The fourth-order valence-corrected chi connectivity index (χ4v) is 14.9. The van der Waals surface area contributed by atoms with Crippen LogP contribution < -0.4 is 0 Å². The van der Waals surface area contributed by atoms with Crippen molar-refractivity contribution in [2.45, 2.75) is 249 Å². The molecule has 3 heterocycles. The number of ether oxygens (including phenoxy) is 6. The van der Waals surface area contributed by atoms with E-state index in [1.807, 2.05) is 6.92 Å². The number of aliphatic hydroxyl groups is 11. The number of aliphatic hydroxyl groups excluding tert-OH is 9. The first kappa shape index (κ1) is 52.2. The van der Waals surface area contributed by atoms with E-state index in [-0.39, 0.29) is 28.1 Å². The summed E-state index contributed by atoms with van der Waals surface area (Å²) in [5.41, 5.74) is -2.63. The topological polar surface area (TPSA) is 278 Å². The van der Waals surface area contributed by atoms with E-state index < -0.39 is 128 Å². The zero-order chi connectivity index (χ0) is 48.1. The molecule has 17 heteroatoms. The Morgan fingerprint density at radius 2 is 1.18 bits per heavy atom. The SMILES string of the molecule is CC1OC(OC2C(OC3C(O)C(CO)OC(OC4CCC5(C)C(CCC6(C)C5CCC5C(C(C)(O)CCC(O)C(C)(C)O)CCC56C)C4(C)C)C3O)OC(C)C(O)C2O)C(O)C(O)C1O. The van der Waals surface area contributed by atoms with Gasteiger partial charge >= 0.3 is 0 Å². The van der Waals surface area contributed by atoms with Crippen LogP contribution in [0.3, 0.4) is 0 Å². The molecule has 378 valence electrons. The van der Waals surface area contributed by atoms with Crippen LogP contribution in [0.25, 0.3) is 0 Å². The van der Waals surface area contributed by atoms with Crippen molar-refractivity contribution in [3.8, 4) is 0 Å². The molecule has 4 saturated carbocycles. The highest BCUT2D eigenvalue weighted by atomic mass is 16.8. The first-order chi connectivity index (χ1) is 30.0. The number of fused-ring (bicyclic) bond motifs is 5. The molecule has 7 aliphatic rings. The first-order valence-electron chi connectivity index (χ1n) is 24.5. The van der Waals surface area contributed by atoms with Gasteiger partial charge in [0.05, 0.1) is 42.2 Å². The van der Waals surface area contributed by atoms with E-state index >= 15 is 0 Å². The Labute approximate surface area is 384 Å². The summed E-state index contributed by atoms with van der Waals surface area (Å²) in [5, 5.41) is 120. The number of hydrogen-bond donors (Lipinski definition) is 11. The molecule has 0 bridgehead atoms. The molecule has 0 amide bonds. The number of hydrogen-bond acceptors (Lipinski definition) is 17. The van der Waals surface area contributed by atoms with E-state index in [9.17, 15) is 56.2 Å². The summed E-state index contributed by atoms with van der Waals surface area (Å²) in [5.74, 6) is 1.08. The third kappa shape index (κ3) is 8.93. The fourth-order valence-electron chi connectivity index (χ4n) is 14.9. The summed E-state index contributed by atoms with van der Waals surface area (Å²) in [6, 6.07) is 0. The lowest BCUT2D eigenvalue weighted by molar-refractivity contribution is -0.389. The summed E-state index contributed by atoms with van der Waals surface area (Å²) in [6.07, 6.45) is -15.3. The van der Waals surface area contributed by atoms with Gasteiger partial charge in [-0.15, -0.1) is 0 Å². The molecule has 7 rings (SSSR count). The second-order valence-electron chi connectivity index (χ2n) is 23.6. The molecule has 0 aromatic carbocycles. The van der Waals surface area contributed by atoms with Crippen molar-refractivity contribution in [1.82, 2.24) is 0 Å². The van der Waals surface area contributed by atoms with Gasteiger partial charge in [-0.1, -0.05) is 34.6 Å². The minimum atomic E-state index is -1.76. The molecule has 0 radical (unpaired) electrons. The fraction of sp³-hybridized carbons (Fsp3) is 1.00. The maximum absolute atomic E-state index is 12.0. The van der Waals surface area contributed by atoms with Gasteiger partial charge in [-0.2, -0.15) is 0 Å². The van der Waals surface area contributed by atoms with Gasteiger partial charge in [0.2, 0.25) is 0 Å². The smallest absolute Gasteiger partial charge is 0.187 e. The van der Waals surface area contributed by atoms with E-state index in [2.05, 4.69) is 34.6 Å². The van der Waals surface area contributed by atoms with Crippen LogP contribution in [-0.2, 0) is 28.4 Å². The second kappa shape index (κ2) is 18.5. The van der Waals surface area contributed by atoms with Crippen molar-refractivity contribution in [2.24, 2.45) is 45.3 Å². The van der Waals surface area contributed by atoms with Crippen molar-refractivity contribution in [3.05, 3.63) is 0 Å². The molecular formula is C48H84O17. The Hall–Kier alpha value is -0.680. The van der Waals surface area contributed by atoms with Gasteiger partial charge in [0.15, 0.2) is 18.9 Å². The molecule has 65 heavy (non-hydrogen) atoms. The van der Waals surface area contributed by atoms with Gasteiger partial charge in [0.25, 0.3) is 0 Å². The monoisotopic (exact) mass is 933 g/mol. The summed E-state index contributed by atoms with van der Waals surface area (Å²) >= 11 is 0. The summed E-state index contributed by atoms with van der Waals surface area (Å²) in [6.45, 7) is 19.2. The minimum Gasteiger partial charge on any atom is -0.394 e. The van der Waals surface area contributed by atoms with Gasteiger partial charge in [-0.3, -0.25) is 0 Å². The highest BCUT2D eigenvalue weighted by Gasteiger charge is 2.70. The van der Waals surface area contributed by atoms with Gasteiger partial charge in [0.1, 0.15) is 61.0 Å². The lowest BCUT2D eigenvalue weighted by Gasteiger charge is -2.70. The molecule has 25 unspecified atom stereocenters. The highest BCUT2D eigenvalue weighted by Crippen LogP contribution is 2.76. The maximum atomic E-state index is 12.0. The van der Waals surface area contributed by atoms with Crippen molar-refractivity contribution in [1.29, 1.82) is 0 Å². The Morgan fingerprint density at radius 3 is 1.82 bits per heavy atom. The molecule has 3 aliphatic heterocycles. The summed E-state index contributed by atoms with van der Waals surface area (Å²) in [7, 11) is 0. The van der Waals surface area contributed by atoms with Crippen molar-refractivity contribution in [2.75, 3.05) is 6.61 Å². The van der Waals surface area contributed by atoms with Crippen LogP contribution in [0.2, 0.25) is 0 Å². The van der Waals surface area contributed by atoms with Crippen molar-refractivity contribution in [3.63, 3.8) is 0 Å². The van der Waals surface area contributed by atoms with Crippen LogP contribution in [0, 0.1) is 45.3 Å². The average Bonchev–Trinajstić information content (AvgIpc) is 3.60. The van der Waals surface area contributed by atoms with Crippen LogP contribution in [-0.4, -0.2) is 178 Å². The van der Waals surface area contributed by atoms with Crippen LogP contribution in [0.5, 0.6) is 0 Å². The largest absolute Gasteiger partial charge is 0.394 e. The molecule has 0 aromatic heterocycles. The lowest BCUT2D eigenvalue weighted by atomic mass is 9.35. The van der Waals surface area contributed by atoms with E-state index in [4.69, 9.17) is 28.4 Å². The van der Waals surface area contributed by atoms with E-state index in [0.717, 1.165) is 44.9 Å². The normalized spacial score (nSPS) is 52.8. The molecule has 7 fully saturated rings. The van der Waals surface area contributed by atoms with Gasteiger partial charge < -0.3 is 84.6 Å². The first-order valence-corrected chi connectivity index (χ1v) is 24.5. The van der Waals surface area contributed by atoms with Crippen LogP contribution in [0.15, 0.2) is 0 Å². The Kier molecular flexibility index (Phi) is 14.8. The van der Waals surface area contributed by atoms with Crippen LogP contribution >= 0.6 is 0 Å². The van der Waals surface area contributed by atoms with E-state index in [1.54, 1.807) is 13.8 Å². The third-order valence-corrected chi connectivity index (χ3v) is 19.2. The Balaban J connectivity index is 1.06. The summed E-state index contributed by atoms with van der Waals surface area (Å²) in [4.78, 5) is 0. The Bertz CT molecular complexity index is 1630. The standard InChI is InChI=1S/C48H84O17/c1-22-31(51)34(54)36(56)40(60-22)65-39-35(55)32(52)23(2)61-42(39)64-38-33(53)26(21-49)62-41(37(38)57)63-30-16-17-45(7)27(43(30,3)4)14-19-47(9)28(45)12-11-24-25(13-18-46(24,47)8)48(10,59)20-15-29(50)44(5,6)58/h22-42,49-59H,11-21H2,1-10H3. The molecule has 25 atom stereocenters. The average molecular weight is 933 g/mol. The predicted octanol–water partition coefficient (Wildman–Crippen LogP) is 1.22. The predicted molar refractivity (Wildman–Crippen MR) is 232 cm³/mol. The van der Waals surface area contributed by atoms with Crippen molar-refractivity contribution < 1.29 is 84.6 Å². The maximum Gasteiger partial charge on any atom is 0.187 e. The van der Waals surface area contributed by atoms with Gasteiger partial charge in [0, 0.05) is 0 Å². The molecule has 17 nitrogen and oxygen atoms in total. The van der Waals surface area contributed by atoms with Gasteiger partial charge in [-0.25, -0.2) is 0 Å². The molecule has 4 aliphatic carbocycles. The minimum absolute atomic E-state index is 0.00351. The van der Waals surface area contributed by atoms with Gasteiger partial charge in [-0.05, 0) is 144 Å². The van der Waals surface area contributed by atoms with Crippen molar-refractivity contribution >= 4 is 0 Å². The summed E-state index contributed by atoms with van der Waals surface area (Å²) < 4.78 is 36.5. The molecule has 0 aromatic rings. The highest BCUT2D eigenvalue weighted by molar-refractivity contribution is 5.18. The molecule has 0 spiro atoms. The lowest BCUT2D eigenvalue weighted by Crippen LogP contribution is -2.67. The zero-order valence-electron chi connectivity index (χ0n) is 40.3. The molecule has 3 saturated heterocycles. The van der Waals surface area contributed by atoms with E-state index in [0.29, 0.717) is 31.1 Å². The van der Waals surface area contributed by atoms with Crippen LogP contribution in [0.4, 0.5) is 0 Å². The molecular weight excluding hydrogens is 849 g/mol. The quantitative estimate of drug-likeness (QED) is 0.123. The Morgan fingerprint density at radius 1 is 0.600 bits per heavy atom. The second-order valence-corrected chi connectivity index (χ2v) is 23.6. The third-order valence-electron chi connectivity index (χ3n) is 19.2. The van der Waals surface area contributed by atoms with E-state index in [1.165, 1.54) is 13.8 Å². The molecule has 11 N–H and O–H groups in total. The number of rotatable bonds is 12.